The van der Waals surface area contributed by atoms with E-state index < -0.39 is 6.10 Å². The van der Waals surface area contributed by atoms with Crippen molar-refractivity contribution in [3.63, 3.8) is 0 Å². The average Bonchev–Trinajstić information content (AvgIpc) is 3.39. The SMILES string of the molecule is CCCCC/C=C\C/C=C\C/C=C\CCCCCCC(=O)OC[C@H](COC(=O)CCCCCCCCCCCCC/C=C\CCCCCCCC)OC(=O)CCCCCCCCC/C=C\C/C=C\CCCCC. The minimum Gasteiger partial charge on any atom is -0.462 e. The molecule has 0 unspecified atom stereocenters. The van der Waals surface area contributed by atoms with E-state index in [9.17, 15) is 14.4 Å². The van der Waals surface area contributed by atoms with Crippen LogP contribution in [0.2, 0.25) is 0 Å². The first-order chi connectivity index (χ1) is 36.0. The monoisotopic (exact) mass is 1020 g/mol. The molecule has 0 aromatic heterocycles. The first-order valence-electron chi connectivity index (χ1n) is 31.4. The third-order valence-electron chi connectivity index (χ3n) is 13.7. The second-order valence-corrected chi connectivity index (χ2v) is 21.0. The normalized spacial score (nSPS) is 12.5. The van der Waals surface area contributed by atoms with Gasteiger partial charge in [-0.05, 0) is 116 Å². The molecular formula is C67H118O6. The predicted molar refractivity (Wildman–Crippen MR) is 316 cm³/mol. The Morgan fingerprint density at radius 1 is 0.274 bits per heavy atom. The minimum absolute atomic E-state index is 0.0851. The van der Waals surface area contributed by atoms with E-state index in [2.05, 4.69) is 93.7 Å². The lowest BCUT2D eigenvalue weighted by atomic mass is 10.0. The van der Waals surface area contributed by atoms with E-state index in [0.717, 1.165) is 96.3 Å². The number of hydrogen-bond donors (Lipinski definition) is 0. The zero-order valence-corrected chi connectivity index (χ0v) is 48.4. The Labute approximate surface area is 453 Å². The number of rotatable bonds is 57. The maximum absolute atomic E-state index is 12.9. The molecule has 0 aliphatic rings. The fourth-order valence-electron chi connectivity index (χ4n) is 8.89. The van der Waals surface area contributed by atoms with Crippen LogP contribution in [0.5, 0.6) is 0 Å². The maximum Gasteiger partial charge on any atom is 0.306 e. The molecule has 0 N–H and O–H groups in total. The zero-order valence-electron chi connectivity index (χ0n) is 48.4. The smallest absolute Gasteiger partial charge is 0.306 e. The van der Waals surface area contributed by atoms with E-state index in [4.69, 9.17) is 14.2 Å². The van der Waals surface area contributed by atoms with Crippen LogP contribution in [-0.4, -0.2) is 37.2 Å². The highest BCUT2D eigenvalue weighted by Crippen LogP contribution is 2.16. The molecule has 0 saturated carbocycles. The number of allylic oxidation sites excluding steroid dienone is 12. The Bertz CT molecular complexity index is 1360. The molecule has 0 bridgehead atoms. The molecule has 0 spiro atoms. The zero-order chi connectivity index (χ0) is 52.9. The van der Waals surface area contributed by atoms with Crippen LogP contribution in [0.1, 0.15) is 316 Å². The van der Waals surface area contributed by atoms with Crippen LogP contribution < -0.4 is 0 Å². The molecule has 0 fully saturated rings. The molecule has 422 valence electrons. The molecule has 0 aromatic rings. The van der Waals surface area contributed by atoms with Gasteiger partial charge in [0, 0.05) is 19.3 Å². The van der Waals surface area contributed by atoms with Crippen LogP contribution in [0.3, 0.4) is 0 Å². The highest BCUT2D eigenvalue weighted by Gasteiger charge is 2.19. The fourth-order valence-corrected chi connectivity index (χ4v) is 8.89. The van der Waals surface area contributed by atoms with Gasteiger partial charge in [-0.25, -0.2) is 0 Å². The van der Waals surface area contributed by atoms with E-state index in [1.807, 2.05) is 0 Å². The van der Waals surface area contributed by atoms with Crippen molar-refractivity contribution >= 4 is 17.9 Å². The van der Waals surface area contributed by atoms with Gasteiger partial charge in [-0.1, -0.05) is 254 Å². The summed E-state index contributed by atoms with van der Waals surface area (Å²) in [5.74, 6) is -0.903. The van der Waals surface area contributed by atoms with Crippen molar-refractivity contribution in [2.45, 2.75) is 322 Å². The molecule has 6 nitrogen and oxygen atoms in total. The van der Waals surface area contributed by atoms with E-state index in [1.165, 1.54) is 180 Å². The Hall–Kier alpha value is -3.15. The summed E-state index contributed by atoms with van der Waals surface area (Å²) < 4.78 is 16.9. The summed E-state index contributed by atoms with van der Waals surface area (Å²) in [5, 5.41) is 0. The summed E-state index contributed by atoms with van der Waals surface area (Å²) in [7, 11) is 0. The van der Waals surface area contributed by atoms with Crippen LogP contribution >= 0.6 is 0 Å². The largest absolute Gasteiger partial charge is 0.462 e. The van der Waals surface area contributed by atoms with Crippen LogP contribution in [0, 0.1) is 0 Å². The van der Waals surface area contributed by atoms with Crippen LogP contribution in [0.25, 0.3) is 0 Å². The second-order valence-electron chi connectivity index (χ2n) is 21.0. The molecular weight excluding hydrogens is 901 g/mol. The highest BCUT2D eigenvalue weighted by molar-refractivity contribution is 5.71. The van der Waals surface area contributed by atoms with Gasteiger partial charge in [0.15, 0.2) is 6.10 Å². The summed E-state index contributed by atoms with van der Waals surface area (Å²) in [6.07, 6.45) is 78.9. The number of unbranched alkanes of at least 4 members (excludes halogenated alkanes) is 34. The van der Waals surface area contributed by atoms with Gasteiger partial charge in [0.05, 0.1) is 0 Å². The summed E-state index contributed by atoms with van der Waals surface area (Å²) in [6.45, 7) is 6.59. The number of hydrogen-bond acceptors (Lipinski definition) is 6. The highest BCUT2D eigenvalue weighted by atomic mass is 16.6. The van der Waals surface area contributed by atoms with E-state index >= 15 is 0 Å². The van der Waals surface area contributed by atoms with Crippen molar-refractivity contribution < 1.29 is 28.6 Å². The molecule has 1 atom stereocenters. The molecule has 0 aromatic carbocycles. The quantitative estimate of drug-likeness (QED) is 0.0261. The Balaban J connectivity index is 4.39. The van der Waals surface area contributed by atoms with E-state index in [-0.39, 0.29) is 31.1 Å². The standard InChI is InChI=1S/C67H118O6/c1-4-7-10-13-16-19-22-25-28-31-32-33-34-37-39-42-45-48-51-54-57-60-66(69)72-63-64(73-67(70)61-58-55-52-49-46-43-40-36-30-27-24-21-18-15-12-9-6-3)62-71-65(68)59-56-53-50-47-44-41-38-35-29-26-23-20-17-14-11-8-5-2/h17-18,20-21,25-30,38,41,64H,4-16,19,22-24,31-37,39-40,42-63H2,1-3H3/b20-17-,21-18-,28-25-,29-26-,30-27-,41-38-/t64-/m1/s1. The maximum atomic E-state index is 12.9. The van der Waals surface area contributed by atoms with Gasteiger partial charge in [0.25, 0.3) is 0 Å². The molecule has 0 radical (unpaired) electrons. The number of carbonyl (C=O) groups excluding carboxylic acids is 3. The summed E-state index contributed by atoms with van der Waals surface area (Å²) in [5.41, 5.74) is 0. The van der Waals surface area contributed by atoms with Gasteiger partial charge in [0.1, 0.15) is 13.2 Å². The van der Waals surface area contributed by atoms with Gasteiger partial charge in [0.2, 0.25) is 0 Å². The summed E-state index contributed by atoms with van der Waals surface area (Å²) >= 11 is 0. The Morgan fingerprint density at radius 2 is 0.493 bits per heavy atom. The third kappa shape index (κ3) is 59.6. The van der Waals surface area contributed by atoms with Crippen molar-refractivity contribution in [3.05, 3.63) is 72.9 Å². The Kier molecular flexibility index (Phi) is 58.7. The first-order valence-corrected chi connectivity index (χ1v) is 31.4. The van der Waals surface area contributed by atoms with Crippen LogP contribution in [0.4, 0.5) is 0 Å². The van der Waals surface area contributed by atoms with Gasteiger partial charge in [-0.3, -0.25) is 14.4 Å². The van der Waals surface area contributed by atoms with Gasteiger partial charge in [-0.2, -0.15) is 0 Å². The van der Waals surface area contributed by atoms with E-state index in [1.54, 1.807) is 0 Å². The van der Waals surface area contributed by atoms with Gasteiger partial charge >= 0.3 is 17.9 Å². The van der Waals surface area contributed by atoms with Crippen molar-refractivity contribution in [1.82, 2.24) is 0 Å². The molecule has 0 amide bonds. The van der Waals surface area contributed by atoms with Crippen molar-refractivity contribution in [3.8, 4) is 0 Å². The van der Waals surface area contributed by atoms with Crippen LogP contribution in [-0.2, 0) is 28.6 Å². The Morgan fingerprint density at radius 3 is 0.808 bits per heavy atom. The number of esters is 3. The lowest BCUT2D eigenvalue weighted by molar-refractivity contribution is -0.167. The van der Waals surface area contributed by atoms with Crippen molar-refractivity contribution in [2.24, 2.45) is 0 Å². The van der Waals surface area contributed by atoms with Gasteiger partial charge < -0.3 is 14.2 Å². The van der Waals surface area contributed by atoms with Crippen LogP contribution in [0.15, 0.2) is 72.9 Å². The van der Waals surface area contributed by atoms with Gasteiger partial charge in [-0.15, -0.1) is 0 Å². The lowest BCUT2D eigenvalue weighted by Crippen LogP contribution is -2.30. The molecule has 73 heavy (non-hydrogen) atoms. The fraction of sp³-hybridized carbons (Fsp3) is 0.776. The molecule has 0 rings (SSSR count). The predicted octanol–water partition coefficient (Wildman–Crippen LogP) is 21.3. The third-order valence-corrected chi connectivity index (χ3v) is 13.7. The molecule has 0 aliphatic carbocycles. The second kappa shape index (κ2) is 61.4. The minimum atomic E-state index is -0.790. The molecule has 0 aliphatic heterocycles. The van der Waals surface area contributed by atoms with E-state index in [0.29, 0.717) is 19.3 Å². The summed E-state index contributed by atoms with van der Waals surface area (Å²) in [4.78, 5) is 38.3. The summed E-state index contributed by atoms with van der Waals surface area (Å²) in [6, 6.07) is 0. The molecule has 0 saturated heterocycles. The average molecular weight is 1020 g/mol. The molecule has 0 heterocycles. The molecule has 6 heteroatoms. The number of ether oxygens (including phenoxy) is 3. The lowest BCUT2D eigenvalue weighted by Gasteiger charge is -2.18. The number of carbonyl (C=O) groups is 3. The first kappa shape index (κ1) is 69.8. The van der Waals surface area contributed by atoms with Crippen molar-refractivity contribution in [2.75, 3.05) is 13.2 Å². The van der Waals surface area contributed by atoms with Crippen molar-refractivity contribution in [1.29, 1.82) is 0 Å². The topological polar surface area (TPSA) is 78.9 Å².